The fourth-order valence-corrected chi connectivity index (χ4v) is 2.50. The van der Waals surface area contributed by atoms with E-state index in [-0.39, 0.29) is 25.0 Å². The van der Waals surface area contributed by atoms with Crippen LogP contribution in [0, 0.1) is 11.8 Å². The van der Waals surface area contributed by atoms with Crippen LogP contribution >= 0.6 is 7.82 Å². The molecule has 9 heteroatoms. The van der Waals surface area contributed by atoms with E-state index in [2.05, 4.69) is 0 Å². The monoisotopic (exact) mass is 382 g/mol. The molecule has 0 saturated carbocycles. The van der Waals surface area contributed by atoms with Crippen LogP contribution in [0.15, 0.2) is 0 Å². The van der Waals surface area contributed by atoms with E-state index in [1.54, 1.807) is 41.5 Å². The fourth-order valence-electron chi connectivity index (χ4n) is 1.50. The van der Waals surface area contributed by atoms with Gasteiger partial charge < -0.3 is 14.4 Å². The minimum atomic E-state index is -4.37. The third-order valence-corrected chi connectivity index (χ3v) is 4.29. The molecule has 0 amide bonds. The first-order chi connectivity index (χ1) is 11.5. The Bertz CT molecular complexity index is 463. The Balaban J connectivity index is 4.50. The van der Waals surface area contributed by atoms with Gasteiger partial charge in [-0.1, -0.05) is 41.5 Å². The highest BCUT2D eigenvalue weighted by atomic mass is 31.2. The van der Waals surface area contributed by atoms with Gasteiger partial charge in [0.05, 0.1) is 18.4 Å². The molecule has 3 unspecified atom stereocenters. The molecule has 148 valence electrons. The van der Waals surface area contributed by atoms with E-state index in [0.29, 0.717) is 12.8 Å². The van der Waals surface area contributed by atoms with E-state index in [0.717, 1.165) is 0 Å². The highest BCUT2D eigenvalue weighted by Gasteiger charge is 2.29. The van der Waals surface area contributed by atoms with Gasteiger partial charge in [-0.15, -0.1) is 0 Å². The quantitative estimate of drug-likeness (QED) is 0.405. The summed E-state index contributed by atoms with van der Waals surface area (Å²) in [6, 6.07) is 0. The van der Waals surface area contributed by atoms with Crippen molar-refractivity contribution >= 4 is 19.8 Å². The van der Waals surface area contributed by atoms with Crippen molar-refractivity contribution < 1.29 is 37.6 Å². The normalized spacial score (nSPS) is 16.4. The SMILES string of the molecule is CCC(COP(=O)(O)OC(CC)COC(=O)C(C)C)OC(=O)C(C)C. The first-order valence-corrected chi connectivity index (χ1v) is 10.0. The summed E-state index contributed by atoms with van der Waals surface area (Å²) in [7, 11) is -4.37. The Morgan fingerprint density at radius 2 is 1.44 bits per heavy atom. The lowest BCUT2D eigenvalue weighted by Gasteiger charge is -2.22. The number of hydrogen-bond donors (Lipinski definition) is 1. The molecule has 0 aliphatic rings. The molecule has 8 nitrogen and oxygen atoms in total. The number of carbonyl (C=O) groups excluding carboxylic acids is 2. The third-order valence-electron chi connectivity index (χ3n) is 3.25. The predicted octanol–water partition coefficient (Wildman–Crippen LogP) is 3.08. The lowest BCUT2D eigenvalue weighted by Crippen LogP contribution is -2.26. The van der Waals surface area contributed by atoms with Crippen molar-refractivity contribution in [3.63, 3.8) is 0 Å². The maximum absolute atomic E-state index is 12.0. The molecule has 0 aromatic carbocycles. The zero-order chi connectivity index (χ0) is 19.6. The number of hydrogen-bond acceptors (Lipinski definition) is 7. The number of esters is 2. The first-order valence-electron chi connectivity index (χ1n) is 8.55. The predicted molar refractivity (Wildman–Crippen MR) is 91.7 cm³/mol. The molecule has 0 spiro atoms. The number of phosphoric acid groups is 1. The zero-order valence-corrected chi connectivity index (χ0v) is 16.8. The second-order valence-electron chi connectivity index (χ2n) is 6.31. The third kappa shape index (κ3) is 10.6. The Morgan fingerprint density at radius 3 is 1.88 bits per heavy atom. The van der Waals surface area contributed by atoms with Gasteiger partial charge in [-0.2, -0.15) is 0 Å². The van der Waals surface area contributed by atoms with Gasteiger partial charge in [0.25, 0.3) is 0 Å². The highest BCUT2D eigenvalue weighted by Crippen LogP contribution is 2.45. The fraction of sp³-hybridized carbons (Fsp3) is 0.875. The topological polar surface area (TPSA) is 108 Å². The molecular weight excluding hydrogens is 351 g/mol. The van der Waals surface area contributed by atoms with Crippen LogP contribution in [0.5, 0.6) is 0 Å². The van der Waals surface area contributed by atoms with E-state index >= 15 is 0 Å². The number of rotatable bonds is 12. The van der Waals surface area contributed by atoms with Crippen molar-refractivity contribution in [2.75, 3.05) is 13.2 Å². The number of phosphoric ester groups is 1. The van der Waals surface area contributed by atoms with Gasteiger partial charge >= 0.3 is 19.8 Å². The van der Waals surface area contributed by atoms with Gasteiger partial charge in [0, 0.05) is 0 Å². The summed E-state index contributed by atoms with van der Waals surface area (Å²) in [5.74, 6) is -1.42. The summed E-state index contributed by atoms with van der Waals surface area (Å²) in [6.07, 6.45) is -0.616. The number of carbonyl (C=O) groups is 2. The summed E-state index contributed by atoms with van der Waals surface area (Å²) in [6.45, 7) is 9.87. The van der Waals surface area contributed by atoms with Gasteiger partial charge in [0.1, 0.15) is 18.8 Å². The van der Waals surface area contributed by atoms with E-state index in [1.165, 1.54) is 0 Å². The maximum Gasteiger partial charge on any atom is 0.472 e. The van der Waals surface area contributed by atoms with Gasteiger partial charge in [-0.05, 0) is 12.8 Å². The summed E-state index contributed by atoms with van der Waals surface area (Å²) in [5.41, 5.74) is 0. The van der Waals surface area contributed by atoms with E-state index in [9.17, 15) is 19.0 Å². The maximum atomic E-state index is 12.0. The van der Waals surface area contributed by atoms with Gasteiger partial charge in [0.15, 0.2) is 0 Å². The Kier molecular flexibility index (Phi) is 11.2. The summed E-state index contributed by atoms with van der Waals surface area (Å²) >= 11 is 0. The van der Waals surface area contributed by atoms with Crippen molar-refractivity contribution in [3.05, 3.63) is 0 Å². The zero-order valence-electron chi connectivity index (χ0n) is 15.9. The van der Waals surface area contributed by atoms with E-state index in [1.807, 2.05) is 0 Å². The average molecular weight is 382 g/mol. The summed E-state index contributed by atoms with van der Waals surface area (Å²) in [5, 5.41) is 0. The second kappa shape index (κ2) is 11.6. The van der Waals surface area contributed by atoms with Crippen LogP contribution in [0.1, 0.15) is 54.4 Å². The average Bonchev–Trinajstić information content (AvgIpc) is 2.54. The molecule has 0 saturated heterocycles. The van der Waals surface area contributed by atoms with Crippen molar-refractivity contribution in [3.8, 4) is 0 Å². The molecular formula is C16H31O8P. The van der Waals surface area contributed by atoms with Crippen LogP contribution in [0.2, 0.25) is 0 Å². The molecule has 0 rings (SSSR count). The standard InChI is InChI=1S/C16H31O8P/c1-7-13(23-16(18)12(5)6)10-22-25(19,20)24-14(8-2)9-21-15(17)11(3)4/h11-14H,7-10H2,1-6H3,(H,19,20). The number of ether oxygens (including phenoxy) is 2. The molecule has 1 N–H and O–H groups in total. The van der Waals surface area contributed by atoms with Crippen molar-refractivity contribution in [2.45, 2.75) is 66.6 Å². The van der Waals surface area contributed by atoms with Crippen molar-refractivity contribution in [1.82, 2.24) is 0 Å². The largest absolute Gasteiger partial charge is 0.472 e. The van der Waals surface area contributed by atoms with Gasteiger partial charge in [-0.3, -0.25) is 18.6 Å². The van der Waals surface area contributed by atoms with Crippen LogP contribution in [0.25, 0.3) is 0 Å². The Hall–Kier alpha value is -0.950. The molecule has 3 atom stereocenters. The molecule has 0 radical (unpaired) electrons. The van der Waals surface area contributed by atoms with Crippen LogP contribution in [0.4, 0.5) is 0 Å². The van der Waals surface area contributed by atoms with Crippen LogP contribution in [0.3, 0.4) is 0 Å². The van der Waals surface area contributed by atoms with Gasteiger partial charge in [0.2, 0.25) is 0 Å². The molecule has 0 bridgehead atoms. The smallest absolute Gasteiger partial charge is 0.463 e. The molecule has 0 aromatic rings. The molecule has 0 fully saturated rings. The Morgan fingerprint density at radius 1 is 0.920 bits per heavy atom. The minimum absolute atomic E-state index is 0.138. The molecule has 0 aromatic heterocycles. The molecule has 0 aliphatic carbocycles. The Labute approximate surface area is 149 Å². The molecule has 25 heavy (non-hydrogen) atoms. The lowest BCUT2D eigenvalue weighted by molar-refractivity contribution is -0.154. The van der Waals surface area contributed by atoms with E-state index < -0.39 is 32.0 Å². The van der Waals surface area contributed by atoms with Crippen molar-refractivity contribution in [1.29, 1.82) is 0 Å². The summed E-state index contributed by atoms with van der Waals surface area (Å²) < 4.78 is 32.2. The van der Waals surface area contributed by atoms with E-state index in [4.69, 9.17) is 18.5 Å². The lowest BCUT2D eigenvalue weighted by atomic mass is 10.2. The summed E-state index contributed by atoms with van der Waals surface area (Å²) in [4.78, 5) is 32.8. The van der Waals surface area contributed by atoms with Crippen LogP contribution in [-0.4, -0.2) is 42.3 Å². The first kappa shape index (κ1) is 24.1. The van der Waals surface area contributed by atoms with Gasteiger partial charge in [-0.25, -0.2) is 4.57 Å². The molecule has 0 aliphatic heterocycles. The minimum Gasteiger partial charge on any atom is -0.463 e. The van der Waals surface area contributed by atoms with Crippen LogP contribution < -0.4 is 0 Å². The second-order valence-corrected chi connectivity index (χ2v) is 7.71. The van der Waals surface area contributed by atoms with Crippen molar-refractivity contribution in [2.24, 2.45) is 11.8 Å². The van der Waals surface area contributed by atoms with Crippen LogP contribution in [-0.2, 0) is 32.7 Å². The highest BCUT2D eigenvalue weighted by molar-refractivity contribution is 7.47. The molecule has 0 heterocycles.